The van der Waals surface area contributed by atoms with Gasteiger partial charge in [-0.1, -0.05) is 23.4 Å². The Morgan fingerprint density at radius 2 is 2.16 bits per heavy atom. The molecular formula is C22H20N6O3. The van der Waals surface area contributed by atoms with Crippen LogP contribution in [0.2, 0.25) is 0 Å². The summed E-state index contributed by atoms with van der Waals surface area (Å²) in [5, 5.41) is 6.99. The van der Waals surface area contributed by atoms with E-state index in [1.165, 1.54) is 0 Å². The third kappa shape index (κ3) is 3.65. The standard InChI is InChI=1S/C22H20N6O3/c1-14-7-8-15(21-25-19(31-26-21)13-27-9-4-6-20(27)29)11-16(14)24-22(30)17-12-23-18-5-2-3-10-28(17)18/h2-3,5,7-8,10-12H,4,6,9,13H2,1H3,(H,24,30). The van der Waals surface area contributed by atoms with Gasteiger partial charge in [-0.25, -0.2) is 4.98 Å². The molecule has 1 N–H and O–H groups in total. The third-order valence-electron chi connectivity index (χ3n) is 5.36. The predicted octanol–water partition coefficient (Wildman–Crippen LogP) is 3.07. The van der Waals surface area contributed by atoms with Crippen LogP contribution in [0.4, 0.5) is 5.69 Å². The van der Waals surface area contributed by atoms with Crippen molar-refractivity contribution in [2.45, 2.75) is 26.3 Å². The SMILES string of the molecule is Cc1ccc(-c2noc(CN3CCCC3=O)n2)cc1NC(=O)c1cnc2ccccn12. The van der Waals surface area contributed by atoms with Crippen LogP contribution in [0.15, 0.2) is 53.3 Å². The fraction of sp³-hybridized carbons (Fsp3) is 0.227. The number of aryl methyl sites for hydroxylation is 1. The highest BCUT2D eigenvalue weighted by Crippen LogP contribution is 2.25. The molecule has 1 aliphatic heterocycles. The van der Waals surface area contributed by atoms with Crippen molar-refractivity contribution in [3.63, 3.8) is 0 Å². The number of imidazole rings is 1. The summed E-state index contributed by atoms with van der Waals surface area (Å²) in [5.74, 6) is 0.641. The molecular weight excluding hydrogens is 396 g/mol. The van der Waals surface area contributed by atoms with Crippen LogP contribution in [-0.2, 0) is 11.3 Å². The quantitative estimate of drug-likeness (QED) is 0.536. The molecule has 5 rings (SSSR count). The van der Waals surface area contributed by atoms with Crippen LogP contribution in [0.5, 0.6) is 0 Å². The molecule has 1 saturated heterocycles. The molecule has 4 heterocycles. The maximum atomic E-state index is 12.9. The van der Waals surface area contributed by atoms with Gasteiger partial charge in [0.1, 0.15) is 11.3 Å². The molecule has 0 saturated carbocycles. The molecule has 156 valence electrons. The fourth-order valence-electron chi connectivity index (χ4n) is 3.65. The topological polar surface area (TPSA) is 106 Å². The minimum absolute atomic E-state index is 0.104. The Bertz CT molecular complexity index is 1290. The lowest BCUT2D eigenvalue weighted by Gasteiger charge is -2.11. The van der Waals surface area contributed by atoms with Crippen molar-refractivity contribution < 1.29 is 14.1 Å². The van der Waals surface area contributed by atoms with E-state index >= 15 is 0 Å². The molecule has 3 aromatic heterocycles. The molecule has 1 aromatic carbocycles. The number of anilines is 1. The summed E-state index contributed by atoms with van der Waals surface area (Å²) in [6, 6.07) is 11.1. The highest BCUT2D eigenvalue weighted by molar-refractivity contribution is 6.04. The molecule has 0 atom stereocenters. The summed E-state index contributed by atoms with van der Waals surface area (Å²) in [4.78, 5) is 35.1. The minimum atomic E-state index is -0.264. The Morgan fingerprint density at radius 1 is 1.26 bits per heavy atom. The number of aromatic nitrogens is 4. The Hall–Kier alpha value is -4.01. The minimum Gasteiger partial charge on any atom is -0.337 e. The number of fused-ring (bicyclic) bond motifs is 1. The van der Waals surface area contributed by atoms with Gasteiger partial charge in [-0.2, -0.15) is 4.98 Å². The number of likely N-dealkylation sites (tertiary alicyclic amines) is 1. The fourth-order valence-corrected chi connectivity index (χ4v) is 3.65. The zero-order valence-corrected chi connectivity index (χ0v) is 16.9. The van der Waals surface area contributed by atoms with Gasteiger partial charge in [0.25, 0.3) is 5.91 Å². The average Bonchev–Trinajstić information content (AvgIpc) is 3.50. The lowest BCUT2D eigenvalue weighted by atomic mass is 10.1. The summed E-state index contributed by atoms with van der Waals surface area (Å²) in [7, 11) is 0. The van der Waals surface area contributed by atoms with Crippen molar-refractivity contribution in [3.8, 4) is 11.4 Å². The highest BCUT2D eigenvalue weighted by atomic mass is 16.5. The molecule has 4 aromatic rings. The number of hydrogen-bond acceptors (Lipinski definition) is 6. The number of carbonyl (C=O) groups excluding carboxylic acids is 2. The Morgan fingerprint density at radius 3 is 3.00 bits per heavy atom. The first kappa shape index (κ1) is 19.0. The van der Waals surface area contributed by atoms with Crippen LogP contribution in [0.3, 0.4) is 0 Å². The normalized spacial score (nSPS) is 13.8. The molecule has 2 amide bonds. The van der Waals surface area contributed by atoms with Gasteiger partial charge < -0.3 is 14.7 Å². The van der Waals surface area contributed by atoms with E-state index in [2.05, 4.69) is 20.4 Å². The van der Waals surface area contributed by atoms with Gasteiger partial charge >= 0.3 is 0 Å². The number of nitrogens with zero attached hydrogens (tertiary/aromatic N) is 5. The summed E-state index contributed by atoms with van der Waals surface area (Å²) < 4.78 is 7.07. The number of pyridine rings is 1. The van der Waals surface area contributed by atoms with Gasteiger partial charge in [-0.3, -0.25) is 14.0 Å². The zero-order valence-electron chi connectivity index (χ0n) is 16.9. The first-order chi connectivity index (χ1) is 15.1. The van der Waals surface area contributed by atoms with Crippen molar-refractivity contribution in [1.29, 1.82) is 0 Å². The lowest BCUT2D eigenvalue weighted by molar-refractivity contribution is -0.128. The van der Waals surface area contributed by atoms with E-state index in [4.69, 9.17) is 4.52 Å². The number of amides is 2. The molecule has 9 heteroatoms. The summed E-state index contributed by atoms with van der Waals surface area (Å²) in [6.45, 7) is 2.94. The van der Waals surface area contributed by atoms with Crippen molar-refractivity contribution in [1.82, 2.24) is 24.4 Å². The Labute approximate surface area is 177 Å². The van der Waals surface area contributed by atoms with Gasteiger partial charge in [-0.15, -0.1) is 0 Å². The van der Waals surface area contributed by atoms with E-state index in [0.717, 1.165) is 12.0 Å². The third-order valence-corrected chi connectivity index (χ3v) is 5.36. The summed E-state index contributed by atoms with van der Waals surface area (Å²) in [5.41, 5.74) is 3.40. The second kappa shape index (κ2) is 7.67. The largest absolute Gasteiger partial charge is 0.337 e. The monoisotopic (exact) mass is 416 g/mol. The van der Waals surface area contributed by atoms with E-state index in [0.29, 0.717) is 53.8 Å². The molecule has 9 nitrogen and oxygen atoms in total. The van der Waals surface area contributed by atoms with E-state index < -0.39 is 0 Å². The van der Waals surface area contributed by atoms with Crippen molar-refractivity contribution in [2.24, 2.45) is 0 Å². The smallest absolute Gasteiger partial charge is 0.274 e. The molecule has 0 aliphatic carbocycles. The van der Waals surface area contributed by atoms with Gasteiger partial charge in [0.2, 0.25) is 17.6 Å². The van der Waals surface area contributed by atoms with Gasteiger partial charge in [0, 0.05) is 30.4 Å². The van der Waals surface area contributed by atoms with Crippen molar-refractivity contribution in [3.05, 3.63) is 65.9 Å². The van der Waals surface area contributed by atoms with Crippen molar-refractivity contribution >= 4 is 23.1 Å². The second-order valence-electron chi connectivity index (χ2n) is 7.49. The molecule has 1 fully saturated rings. The second-order valence-corrected chi connectivity index (χ2v) is 7.49. The zero-order chi connectivity index (χ0) is 21.4. The van der Waals surface area contributed by atoms with Crippen molar-refractivity contribution in [2.75, 3.05) is 11.9 Å². The van der Waals surface area contributed by atoms with Gasteiger partial charge in [-0.05, 0) is 37.1 Å². The molecule has 31 heavy (non-hydrogen) atoms. The van der Waals surface area contributed by atoms with Gasteiger partial charge in [0.15, 0.2) is 0 Å². The molecule has 0 bridgehead atoms. The lowest BCUT2D eigenvalue weighted by Crippen LogP contribution is -2.23. The Balaban J connectivity index is 1.37. The van der Waals surface area contributed by atoms with Crippen LogP contribution >= 0.6 is 0 Å². The number of hydrogen-bond donors (Lipinski definition) is 1. The van der Waals surface area contributed by atoms with Crippen LogP contribution in [0.1, 0.15) is 34.8 Å². The van der Waals surface area contributed by atoms with E-state index in [-0.39, 0.29) is 11.8 Å². The average molecular weight is 416 g/mol. The first-order valence-corrected chi connectivity index (χ1v) is 10.0. The maximum Gasteiger partial charge on any atom is 0.274 e. The van der Waals surface area contributed by atoms with Crippen LogP contribution in [-0.4, -0.2) is 42.8 Å². The van der Waals surface area contributed by atoms with Gasteiger partial charge in [0.05, 0.1) is 12.7 Å². The van der Waals surface area contributed by atoms with E-state index in [1.807, 2.05) is 43.3 Å². The maximum absolute atomic E-state index is 12.9. The molecule has 1 aliphatic rings. The Kier molecular flexibility index (Phi) is 4.70. The number of benzene rings is 1. The number of rotatable bonds is 5. The van der Waals surface area contributed by atoms with E-state index in [1.54, 1.807) is 21.7 Å². The number of carbonyl (C=O) groups is 2. The van der Waals surface area contributed by atoms with E-state index in [9.17, 15) is 9.59 Å². The molecule has 0 radical (unpaired) electrons. The first-order valence-electron chi connectivity index (χ1n) is 10.0. The predicted molar refractivity (Wildman–Crippen MR) is 112 cm³/mol. The van der Waals surface area contributed by atoms with Crippen LogP contribution in [0.25, 0.3) is 17.0 Å². The summed E-state index contributed by atoms with van der Waals surface area (Å²) >= 11 is 0. The summed E-state index contributed by atoms with van der Waals surface area (Å²) in [6.07, 6.45) is 4.77. The van der Waals surface area contributed by atoms with Crippen LogP contribution in [0, 0.1) is 6.92 Å². The molecule has 0 unspecified atom stereocenters. The van der Waals surface area contributed by atoms with Crippen LogP contribution < -0.4 is 5.32 Å². The molecule has 0 spiro atoms. The highest BCUT2D eigenvalue weighted by Gasteiger charge is 2.23. The number of nitrogens with one attached hydrogen (secondary N) is 1.